The van der Waals surface area contributed by atoms with Crippen molar-refractivity contribution < 1.29 is 9.53 Å². The number of amides is 1. The predicted octanol–water partition coefficient (Wildman–Crippen LogP) is 2.50. The van der Waals surface area contributed by atoms with E-state index in [9.17, 15) is 4.79 Å². The molecule has 1 atom stereocenters. The minimum Gasteiger partial charge on any atom is -0.378 e. The Morgan fingerprint density at radius 3 is 2.48 bits per heavy atom. The fourth-order valence-corrected chi connectivity index (χ4v) is 3.66. The molecule has 1 amide bonds. The van der Waals surface area contributed by atoms with Crippen molar-refractivity contribution in [3.63, 3.8) is 0 Å². The van der Waals surface area contributed by atoms with Crippen molar-refractivity contribution in [2.45, 2.75) is 43.6 Å². The number of anilines is 1. The maximum Gasteiger partial charge on any atom is 0.233 e. The Labute approximate surface area is 164 Å². The molecule has 2 heterocycles. The van der Waals surface area contributed by atoms with E-state index in [1.54, 1.807) is 0 Å². The summed E-state index contributed by atoms with van der Waals surface area (Å²) in [5.74, 6) is 0.776. The first-order chi connectivity index (χ1) is 12.8. The zero-order valence-electron chi connectivity index (χ0n) is 16.3. The molecule has 7 nitrogen and oxygen atoms in total. The molecular weight excluding hydrogens is 362 g/mol. The zero-order chi connectivity index (χ0) is 19.4. The molecule has 0 saturated carbocycles. The van der Waals surface area contributed by atoms with Crippen molar-refractivity contribution in [3.05, 3.63) is 30.3 Å². The predicted molar refractivity (Wildman–Crippen MR) is 108 cm³/mol. The number of rotatable bonds is 5. The summed E-state index contributed by atoms with van der Waals surface area (Å²) < 4.78 is 7.48. The molecule has 1 saturated heterocycles. The number of carbonyl (C=O) groups is 1. The van der Waals surface area contributed by atoms with Crippen LogP contribution in [0.25, 0.3) is 5.69 Å². The van der Waals surface area contributed by atoms with E-state index in [1.165, 1.54) is 11.8 Å². The summed E-state index contributed by atoms with van der Waals surface area (Å²) in [4.78, 5) is 14.7. The minimum atomic E-state index is -0.284. The highest BCUT2D eigenvalue weighted by atomic mass is 32.2. The lowest BCUT2D eigenvalue weighted by atomic mass is 10.1. The number of nitrogens with zero attached hydrogens (tertiary/aromatic N) is 4. The normalized spacial score (nSPS) is 16.2. The van der Waals surface area contributed by atoms with Gasteiger partial charge in [0, 0.05) is 18.6 Å². The van der Waals surface area contributed by atoms with Crippen LogP contribution in [0.2, 0.25) is 0 Å². The van der Waals surface area contributed by atoms with Crippen LogP contribution in [0.1, 0.15) is 27.7 Å². The average molecular weight is 390 g/mol. The van der Waals surface area contributed by atoms with Crippen molar-refractivity contribution in [1.82, 2.24) is 20.1 Å². The largest absolute Gasteiger partial charge is 0.378 e. The van der Waals surface area contributed by atoms with E-state index in [0.29, 0.717) is 18.4 Å². The second-order valence-electron chi connectivity index (χ2n) is 7.55. The summed E-state index contributed by atoms with van der Waals surface area (Å²) in [7, 11) is 0. The number of ether oxygens (including phenoxy) is 1. The van der Waals surface area contributed by atoms with Gasteiger partial charge in [-0.2, -0.15) is 0 Å². The summed E-state index contributed by atoms with van der Waals surface area (Å²) >= 11 is 1.42. The quantitative estimate of drug-likeness (QED) is 0.792. The second kappa shape index (κ2) is 8.31. The first-order valence-electron chi connectivity index (χ1n) is 9.17. The van der Waals surface area contributed by atoms with E-state index < -0.39 is 0 Å². The monoisotopic (exact) mass is 389 g/mol. The van der Waals surface area contributed by atoms with Crippen LogP contribution in [0.15, 0.2) is 35.5 Å². The molecule has 8 heteroatoms. The van der Waals surface area contributed by atoms with Crippen LogP contribution in [-0.4, -0.2) is 57.8 Å². The molecule has 146 valence electrons. The Balaban J connectivity index is 1.88. The lowest BCUT2D eigenvalue weighted by Crippen LogP contribution is -2.44. The Morgan fingerprint density at radius 1 is 1.19 bits per heavy atom. The fraction of sp³-hybridized carbons (Fsp3) is 0.526. The number of hydrogen-bond donors (Lipinski definition) is 1. The Morgan fingerprint density at radius 2 is 1.85 bits per heavy atom. The van der Waals surface area contributed by atoms with Gasteiger partial charge >= 0.3 is 0 Å². The van der Waals surface area contributed by atoms with Crippen LogP contribution in [0.4, 0.5) is 5.95 Å². The molecule has 1 N–H and O–H groups in total. The molecular formula is C19H27N5O2S. The van der Waals surface area contributed by atoms with E-state index in [-0.39, 0.29) is 16.7 Å². The van der Waals surface area contributed by atoms with Crippen LogP contribution in [0, 0.1) is 0 Å². The smallest absolute Gasteiger partial charge is 0.233 e. The summed E-state index contributed by atoms with van der Waals surface area (Å²) in [5, 5.41) is 12.3. The first-order valence-corrected chi connectivity index (χ1v) is 10.1. The van der Waals surface area contributed by atoms with E-state index in [4.69, 9.17) is 4.74 Å². The van der Waals surface area contributed by atoms with Crippen LogP contribution in [0.3, 0.4) is 0 Å². The number of para-hydroxylation sites is 1. The van der Waals surface area contributed by atoms with Crippen molar-refractivity contribution in [3.8, 4) is 5.69 Å². The van der Waals surface area contributed by atoms with Crippen LogP contribution >= 0.6 is 11.8 Å². The molecule has 3 rings (SSSR count). The highest BCUT2D eigenvalue weighted by Gasteiger charge is 2.26. The molecule has 2 aromatic rings. The molecule has 1 aromatic carbocycles. The lowest BCUT2D eigenvalue weighted by Gasteiger charge is -2.28. The molecule has 0 bridgehead atoms. The van der Waals surface area contributed by atoms with Gasteiger partial charge in [0.05, 0.1) is 24.2 Å². The molecule has 1 unspecified atom stereocenters. The number of aromatic nitrogens is 3. The molecule has 1 aromatic heterocycles. The first kappa shape index (κ1) is 19.7. The van der Waals surface area contributed by atoms with Crippen molar-refractivity contribution in [1.29, 1.82) is 0 Å². The Kier molecular flexibility index (Phi) is 6.06. The molecule has 1 aliphatic heterocycles. The van der Waals surface area contributed by atoms with Gasteiger partial charge < -0.3 is 15.0 Å². The third kappa shape index (κ3) is 5.01. The molecule has 0 spiro atoms. The van der Waals surface area contributed by atoms with Gasteiger partial charge in [0.25, 0.3) is 0 Å². The summed E-state index contributed by atoms with van der Waals surface area (Å²) in [6, 6.07) is 10.0. The van der Waals surface area contributed by atoms with E-state index in [0.717, 1.165) is 24.7 Å². The third-order valence-corrected chi connectivity index (χ3v) is 5.12. The van der Waals surface area contributed by atoms with Gasteiger partial charge in [-0.25, -0.2) is 0 Å². The average Bonchev–Trinajstić information content (AvgIpc) is 3.05. The van der Waals surface area contributed by atoms with Crippen LogP contribution in [-0.2, 0) is 9.53 Å². The van der Waals surface area contributed by atoms with Crippen molar-refractivity contribution in [2.75, 3.05) is 31.2 Å². The molecule has 1 fully saturated rings. The van der Waals surface area contributed by atoms with Gasteiger partial charge in [-0.05, 0) is 39.8 Å². The number of benzene rings is 1. The number of carbonyl (C=O) groups excluding carboxylic acids is 1. The summed E-state index contributed by atoms with van der Waals surface area (Å²) in [5.41, 5.74) is 0.716. The molecule has 27 heavy (non-hydrogen) atoms. The standard InChI is InChI=1S/C19H27N5O2S/c1-14(16(25)20-19(2,3)4)27-18-22-21-17(23-10-12-26-13-11-23)24(18)15-8-6-5-7-9-15/h5-9,14H,10-13H2,1-4H3,(H,20,25). The van der Waals surface area contributed by atoms with Gasteiger partial charge in [-0.15, -0.1) is 10.2 Å². The Hall–Kier alpha value is -2.06. The van der Waals surface area contributed by atoms with Crippen molar-refractivity contribution in [2.24, 2.45) is 0 Å². The summed E-state index contributed by atoms with van der Waals surface area (Å²) in [6.07, 6.45) is 0. The zero-order valence-corrected chi connectivity index (χ0v) is 17.1. The minimum absolute atomic E-state index is 0.0111. The van der Waals surface area contributed by atoms with Gasteiger partial charge in [0.15, 0.2) is 5.16 Å². The maximum absolute atomic E-state index is 12.5. The highest BCUT2D eigenvalue weighted by Crippen LogP contribution is 2.29. The van der Waals surface area contributed by atoms with Crippen LogP contribution < -0.4 is 10.2 Å². The van der Waals surface area contributed by atoms with Gasteiger partial charge in [-0.3, -0.25) is 9.36 Å². The second-order valence-corrected chi connectivity index (χ2v) is 8.86. The number of hydrogen-bond acceptors (Lipinski definition) is 6. The summed E-state index contributed by atoms with van der Waals surface area (Å²) in [6.45, 7) is 10.7. The lowest BCUT2D eigenvalue weighted by molar-refractivity contribution is -0.121. The third-order valence-electron chi connectivity index (χ3n) is 4.07. The van der Waals surface area contributed by atoms with Gasteiger partial charge in [-0.1, -0.05) is 30.0 Å². The highest BCUT2D eigenvalue weighted by molar-refractivity contribution is 8.00. The van der Waals surface area contributed by atoms with Crippen LogP contribution in [0.5, 0.6) is 0 Å². The number of nitrogens with one attached hydrogen (secondary N) is 1. The molecule has 1 aliphatic rings. The fourth-order valence-electron chi connectivity index (χ4n) is 2.79. The molecule has 0 radical (unpaired) electrons. The Bertz CT molecular complexity index is 766. The molecule has 0 aliphatic carbocycles. The number of thioether (sulfide) groups is 1. The van der Waals surface area contributed by atoms with E-state index >= 15 is 0 Å². The van der Waals surface area contributed by atoms with Gasteiger partial charge in [0.1, 0.15) is 0 Å². The topological polar surface area (TPSA) is 72.3 Å². The van der Waals surface area contributed by atoms with Crippen molar-refractivity contribution >= 4 is 23.6 Å². The maximum atomic E-state index is 12.5. The SMILES string of the molecule is CC(Sc1nnc(N2CCOCC2)n1-c1ccccc1)C(=O)NC(C)(C)C. The van der Waals surface area contributed by atoms with Gasteiger partial charge in [0.2, 0.25) is 11.9 Å². The number of morpholine rings is 1. The van der Waals surface area contributed by atoms with E-state index in [1.807, 2.05) is 62.6 Å². The van der Waals surface area contributed by atoms with E-state index in [2.05, 4.69) is 20.4 Å².